The van der Waals surface area contributed by atoms with Crippen LogP contribution in [-0.2, 0) is 22.4 Å². The summed E-state index contributed by atoms with van der Waals surface area (Å²) in [5.74, 6) is 0.563. The van der Waals surface area contributed by atoms with Gasteiger partial charge in [-0.3, -0.25) is 0 Å². The molecule has 8 heteroatoms. The van der Waals surface area contributed by atoms with Crippen molar-refractivity contribution in [1.82, 2.24) is 9.55 Å². The number of hydrogen-bond acceptors (Lipinski definition) is 4. The number of alkyl halides is 3. The molecule has 122 valence electrons. The highest BCUT2D eigenvalue weighted by Gasteiger charge is 2.34. The molecule has 0 radical (unpaired) electrons. The Morgan fingerprint density at radius 1 is 1.27 bits per heavy atom. The van der Waals surface area contributed by atoms with Crippen LogP contribution in [0.5, 0.6) is 0 Å². The number of rotatable bonds is 7. The standard InChI is InChI=1S/C14H17F3N2O2S/c1-3-22-13-7-12-11(6-10(13)14(15,16)17)18-8-19(12)9-21-5-4-20-2/h6-8H,3-5,9H2,1-2H3. The summed E-state index contributed by atoms with van der Waals surface area (Å²) in [6.07, 6.45) is -2.90. The van der Waals surface area contributed by atoms with Crippen LogP contribution in [-0.4, -0.2) is 35.6 Å². The molecule has 0 unspecified atom stereocenters. The number of aromatic nitrogens is 2. The molecular formula is C14H17F3N2O2S. The fourth-order valence-electron chi connectivity index (χ4n) is 1.99. The van der Waals surface area contributed by atoms with Crippen LogP contribution in [0.1, 0.15) is 12.5 Å². The van der Waals surface area contributed by atoms with E-state index in [1.165, 1.54) is 24.2 Å². The summed E-state index contributed by atoms with van der Waals surface area (Å²) in [6, 6.07) is 2.62. The van der Waals surface area contributed by atoms with Gasteiger partial charge in [-0.25, -0.2) is 4.98 Å². The third-order valence-corrected chi connectivity index (χ3v) is 3.93. The summed E-state index contributed by atoms with van der Waals surface area (Å²) in [5, 5.41) is 0. The van der Waals surface area contributed by atoms with Gasteiger partial charge >= 0.3 is 6.18 Å². The SMILES string of the molecule is CCSc1cc2c(cc1C(F)(F)F)ncn2COCCOC. The van der Waals surface area contributed by atoms with E-state index in [0.29, 0.717) is 30.0 Å². The molecule has 1 aromatic carbocycles. The lowest BCUT2D eigenvalue weighted by Gasteiger charge is -2.13. The van der Waals surface area contributed by atoms with E-state index in [4.69, 9.17) is 9.47 Å². The van der Waals surface area contributed by atoms with Gasteiger partial charge in [0, 0.05) is 12.0 Å². The third-order valence-electron chi connectivity index (χ3n) is 2.99. The molecule has 2 aromatic rings. The molecule has 0 bridgehead atoms. The lowest BCUT2D eigenvalue weighted by atomic mass is 10.2. The van der Waals surface area contributed by atoms with Crippen LogP contribution in [0.4, 0.5) is 13.2 Å². The first-order valence-corrected chi connectivity index (χ1v) is 7.71. The topological polar surface area (TPSA) is 36.3 Å². The first-order valence-electron chi connectivity index (χ1n) is 6.73. The number of fused-ring (bicyclic) bond motifs is 1. The fourth-order valence-corrected chi connectivity index (χ4v) is 2.83. The Balaban J connectivity index is 2.33. The first kappa shape index (κ1) is 17.1. The second-order valence-electron chi connectivity index (χ2n) is 4.51. The van der Waals surface area contributed by atoms with Gasteiger partial charge in [-0.1, -0.05) is 6.92 Å². The van der Waals surface area contributed by atoms with Crippen molar-refractivity contribution in [2.75, 3.05) is 26.1 Å². The summed E-state index contributed by atoms with van der Waals surface area (Å²) in [6.45, 7) is 2.91. The van der Waals surface area contributed by atoms with E-state index in [2.05, 4.69) is 4.98 Å². The predicted octanol–water partition coefficient (Wildman–Crippen LogP) is 3.79. The van der Waals surface area contributed by atoms with Crippen molar-refractivity contribution >= 4 is 22.8 Å². The highest BCUT2D eigenvalue weighted by Crippen LogP contribution is 2.38. The van der Waals surface area contributed by atoms with E-state index in [1.807, 2.05) is 6.92 Å². The van der Waals surface area contributed by atoms with Gasteiger partial charge in [0.05, 0.1) is 36.1 Å². The minimum Gasteiger partial charge on any atom is -0.382 e. The fraction of sp³-hybridized carbons (Fsp3) is 0.500. The van der Waals surface area contributed by atoms with Gasteiger partial charge in [-0.05, 0) is 17.9 Å². The molecule has 0 aliphatic heterocycles. The minimum absolute atomic E-state index is 0.209. The first-order chi connectivity index (χ1) is 10.5. The van der Waals surface area contributed by atoms with E-state index in [9.17, 15) is 13.2 Å². The third kappa shape index (κ3) is 3.93. The van der Waals surface area contributed by atoms with Crippen LogP contribution < -0.4 is 0 Å². The zero-order chi connectivity index (χ0) is 16.2. The van der Waals surface area contributed by atoms with Crippen LogP contribution in [0.15, 0.2) is 23.4 Å². The normalized spacial score (nSPS) is 12.2. The number of imidazole rings is 1. The molecule has 22 heavy (non-hydrogen) atoms. The molecule has 1 aromatic heterocycles. The Morgan fingerprint density at radius 2 is 2.05 bits per heavy atom. The number of methoxy groups -OCH3 is 1. The number of benzene rings is 1. The quantitative estimate of drug-likeness (QED) is 0.570. The molecular weight excluding hydrogens is 317 g/mol. The van der Waals surface area contributed by atoms with Crippen LogP contribution >= 0.6 is 11.8 Å². The van der Waals surface area contributed by atoms with Gasteiger partial charge in [-0.2, -0.15) is 13.2 Å². The van der Waals surface area contributed by atoms with E-state index in [0.717, 1.165) is 6.07 Å². The Hall–Kier alpha value is -1.25. The minimum atomic E-state index is -4.38. The molecule has 2 rings (SSSR count). The van der Waals surface area contributed by atoms with E-state index >= 15 is 0 Å². The Morgan fingerprint density at radius 3 is 2.68 bits per heavy atom. The Kier molecular flexibility index (Phi) is 5.71. The van der Waals surface area contributed by atoms with Crippen molar-refractivity contribution in [1.29, 1.82) is 0 Å². The highest BCUT2D eigenvalue weighted by molar-refractivity contribution is 7.99. The van der Waals surface area contributed by atoms with Crippen molar-refractivity contribution < 1.29 is 22.6 Å². The van der Waals surface area contributed by atoms with Gasteiger partial charge in [0.15, 0.2) is 0 Å². The molecule has 0 saturated heterocycles. The molecule has 0 amide bonds. The van der Waals surface area contributed by atoms with Crippen LogP contribution in [0.25, 0.3) is 11.0 Å². The van der Waals surface area contributed by atoms with Crippen LogP contribution in [0.3, 0.4) is 0 Å². The van der Waals surface area contributed by atoms with Gasteiger partial charge in [-0.15, -0.1) is 11.8 Å². The monoisotopic (exact) mass is 334 g/mol. The summed E-state index contributed by atoms with van der Waals surface area (Å²) in [4.78, 5) is 4.24. The summed E-state index contributed by atoms with van der Waals surface area (Å²) in [5.41, 5.74) is 0.293. The zero-order valence-electron chi connectivity index (χ0n) is 12.3. The largest absolute Gasteiger partial charge is 0.417 e. The summed E-state index contributed by atoms with van der Waals surface area (Å²) < 4.78 is 51.3. The average molecular weight is 334 g/mol. The summed E-state index contributed by atoms with van der Waals surface area (Å²) >= 11 is 1.17. The lowest BCUT2D eigenvalue weighted by molar-refractivity contribution is -0.139. The van der Waals surface area contributed by atoms with Crippen LogP contribution in [0.2, 0.25) is 0 Å². The number of hydrogen-bond donors (Lipinski definition) is 0. The second-order valence-corrected chi connectivity index (χ2v) is 5.82. The predicted molar refractivity (Wildman–Crippen MR) is 79.0 cm³/mol. The molecule has 0 fully saturated rings. The van der Waals surface area contributed by atoms with Crippen molar-refractivity contribution in [2.24, 2.45) is 0 Å². The van der Waals surface area contributed by atoms with Gasteiger partial charge in [0.1, 0.15) is 6.73 Å². The molecule has 1 heterocycles. The maximum Gasteiger partial charge on any atom is 0.417 e. The van der Waals surface area contributed by atoms with Gasteiger partial charge < -0.3 is 14.0 Å². The smallest absolute Gasteiger partial charge is 0.382 e. The Labute approximate surface area is 130 Å². The zero-order valence-corrected chi connectivity index (χ0v) is 13.1. The summed E-state index contributed by atoms with van der Waals surface area (Å²) in [7, 11) is 1.57. The molecule has 0 saturated carbocycles. The molecule has 0 spiro atoms. The number of ether oxygens (including phenoxy) is 2. The number of nitrogens with zero attached hydrogens (tertiary/aromatic N) is 2. The van der Waals surface area contributed by atoms with Crippen LogP contribution in [0, 0.1) is 0 Å². The second kappa shape index (κ2) is 7.34. The van der Waals surface area contributed by atoms with Crippen molar-refractivity contribution in [3.8, 4) is 0 Å². The highest BCUT2D eigenvalue weighted by atomic mass is 32.2. The molecule has 0 aliphatic carbocycles. The molecule has 0 aliphatic rings. The van der Waals surface area contributed by atoms with Crippen molar-refractivity contribution in [2.45, 2.75) is 24.7 Å². The number of halogens is 3. The average Bonchev–Trinajstić information content (AvgIpc) is 2.84. The maximum absolute atomic E-state index is 13.1. The van der Waals surface area contributed by atoms with Gasteiger partial charge in [0.25, 0.3) is 0 Å². The lowest BCUT2D eigenvalue weighted by Crippen LogP contribution is -2.08. The van der Waals surface area contributed by atoms with Gasteiger partial charge in [0.2, 0.25) is 0 Å². The molecule has 0 atom stereocenters. The van der Waals surface area contributed by atoms with E-state index in [-0.39, 0.29) is 11.6 Å². The maximum atomic E-state index is 13.1. The molecule has 0 N–H and O–H groups in total. The van der Waals surface area contributed by atoms with Crippen molar-refractivity contribution in [3.05, 3.63) is 24.0 Å². The van der Waals surface area contributed by atoms with E-state index in [1.54, 1.807) is 11.7 Å². The Bertz CT molecular complexity index is 628. The van der Waals surface area contributed by atoms with Crippen molar-refractivity contribution in [3.63, 3.8) is 0 Å². The number of thioether (sulfide) groups is 1. The molecule has 4 nitrogen and oxygen atoms in total. The van der Waals surface area contributed by atoms with E-state index < -0.39 is 11.7 Å².